The highest BCUT2D eigenvalue weighted by atomic mass is 32.2. The molecular weight excluding hydrogens is 222 g/mol. The molecule has 0 spiro atoms. The molecule has 0 saturated heterocycles. The van der Waals surface area contributed by atoms with Gasteiger partial charge in [-0.05, 0) is 25.7 Å². The normalized spacial score (nSPS) is 22.4. The van der Waals surface area contributed by atoms with E-state index in [4.69, 9.17) is 5.73 Å². The smallest absolute Gasteiger partial charge is 0.147 e. The predicted octanol–water partition coefficient (Wildman–Crippen LogP) is 2.25. The summed E-state index contributed by atoms with van der Waals surface area (Å²) in [6.45, 7) is 0. The Morgan fingerprint density at radius 3 is 2.06 bits per heavy atom. The summed E-state index contributed by atoms with van der Waals surface area (Å²) in [5.74, 6) is 0.284. The van der Waals surface area contributed by atoms with Crippen molar-refractivity contribution >= 4 is 9.84 Å². The quantitative estimate of drug-likeness (QED) is 0.829. The Morgan fingerprint density at radius 1 is 1.06 bits per heavy atom. The van der Waals surface area contributed by atoms with E-state index in [1.54, 1.807) is 0 Å². The summed E-state index contributed by atoms with van der Waals surface area (Å²) in [4.78, 5) is 0. The molecule has 96 valence electrons. The van der Waals surface area contributed by atoms with Crippen LogP contribution in [-0.2, 0) is 9.84 Å². The molecule has 1 aliphatic rings. The highest BCUT2D eigenvalue weighted by Crippen LogP contribution is 2.28. The fourth-order valence-corrected chi connectivity index (χ4v) is 3.21. The number of hydrogen-bond acceptors (Lipinski definition) is 3. The van der Waals surface area contributed by atoms with Gasteiger partial charge < -0.3 is 5.73 Å². The first kappa shape index (κ1) is 14.0. The van der Waals surface area contributed by atoms with Crippen LogP contribution in [0.1, 0.15) is 57.8 Å². The third kappa shape index (κ3) is 5.85. The molecule has 0 radical (unpaired) electrons. The molecule has 1 saturated carbocycles. The topological polar surface area (TPSA) is 60.2 Å². The van der Waals surface area contributed by atoms with Gasteiger partial charge in [0.1, 0.15) is 9.84 Å². The van der Waals surface area contributed by atoms with Gasteiger partial charge in [-0.25, -0.2) is 8.42 Å². The largest absolute Gasteiger partial charge is 0.325 e. The molecule has 1 rings (SSSR count). The van der Waals surface area contributed by atoms with Gasteiger partial charge in [0, 0.05) is 17.5 Å². The van der Waals surface area contributed by atoms with E-state index >= 15 is 0 Å². The Hall–Kier alpha value is -0.0900. The minimum Gasteiger partial charge on any atom is -0.325 e. The Balaban J connectivity index is 2.36. The van der Waals surface area contributed by atoms with Crippen molar-refractivity contribution in [2.45, 2.75) is 63.3 Å². The van der Waals surface area contributed by atoms with Crippen LogP contribution < -0.4 is 5.73 Å². The summed E-state index contributed by atoms with van der Waals surface area (Å²) < 4.78 is 22.1. The van der Waals surface area contributed by atoms with E-state index < -0.39 is 9.84 Å². The molecule has 3 nitrogen and oxygen atoms in total. The molecule has 1 fully saturated rings. The number of hydrogen-bond donors (Lipinski definition) is 1. The molecule has 0 aliphatic heterocycles. The lowest BCUT2D eigenvalue weighted by Gasteiger charge is -2.31. The van der Waals surface area contributed by atoms with Crippen LogP contribution in [0.2, 0.25) is 0 Å². The molecule has 0 heterocycles. The van der Waals surface area contributed by atoms with Crippen LogP contribution in [0, 0.1) is 0 Å². The van der Waals surface area contributed by atoms with Crippen molar-refractivity contribution in [3.8, 4) is 0 Å². The molecule has 0 aromatic heterocycles. The predicted molar refractivity (Wildman–Crippen MR) is 68.2 cm³/mol. The van der Waals surface area contributed by atoms with Crippen LogP contribution in [-0.4, -0.2) is 26.0 Å². The molecule has 1 aliphatic carbocycles. The maximum Gasteiger partial charge on any atom is 0.147 e. The Labute approximate surface area is 99.7 Å². The molecule has 0 aromatic carbocycles. The summed E-state index contributed by atoms with van der Waals surface area (Å²) in [6, 6.07) is 0. The summed E-state index contributed by atoms with van der Waals surface area (Å²) >= 11 is 0. The van der Waals surface area contributed by atoms with E-state index in [0.29, 0.717) is 0 Å². The zero-order valence-corrected chi connectivity index (χ0v) is 11.2. The zero-order valence-electron chi connectivity index (χ0n) is 10.4. The van der Waals surface area contributed by atoms with Crippen molar-refractivity contribution in [2.75, 3.05) is 12.0 Å². The Morgan fingerprint density at radius 2 is 1.56 bits per heavy atom. The zero-order chi connectivity index (χ0) is 12.1. The van der Waals surface area contributed by atoms with Crippen LogP contribution >= 0.6 is 0 Å². The molecular formula is C12H25NO2S. The van der Waals surface area contributed by atoms with Gasteiger partial charge in [0.15, 0.2) is 0 Å². The molecule has 0 bridgehead atoms. The third-order valence-electron chi connectivity index (χ3n) is 3.54. The van der Waals surface area contributed by atoms with Gasteiger partial charge >= 0.3 is 0 Å². The molecule has 0 amide bonds. The molecule has 0 atom stereocenters. The van der Waals surface area contributed by atoms with Crippen molar-refractivity contribution in [3.05, 3.63) is 0 Å². The third-order valence-corrected chi connectivity index (χ3v) is 4.57. The first-order valence-corrected chi connectivity index (χ1v) is 8.44. The molecule has 4 heteroatoms. The van der Waals surface area contributed by atoms with Gasteiger partial charge in [0.05, 0.1) is 0 Å². The van der Waals surface area contributed by atoms with Crippen LogP contribution in [0.3, 0.4) is 0 Å². The maximum atomic E-state index is 11.1. The highest BCUT2D eigenvalue weighted by molar-refractivity contribution is 7.90. The molecule has 0 aromatic rings. The van der Waals surface area contributed by atoms with E-state index in [2.05, 4.69) is 0 Å². The second kappa shape index (κ2) is 6.01. The lowest BCUT2D eigenvalue weighted by molar-refractivity contribution is 0.295. The average Bonchev–Trinajstić information content (AvgIpc) is 2.10. The van der Waals surface area contributed by atoms with Gasteiger partial charge in [0.2, 0.25) is 0 Å². The lowest BCUT2D eigenvalue weighted by Crippen LogP contribution is -2.40. The van der Waals surface area contributed by atoms with E-state index in [-0.39, 0.29) is 11.3 Å². The van der Waals surface area contributed by atoms with Crippen LogP contribution in [0.5, 0.6) is 0 Å². The van der Waals surface area contributed by atoms with Crippen molar-refractivity contribution in [3.63, 3.8) is 0 Å². The first-order valence-electron chi connectivity index (χ1n) is 6.38. The van der Waals surface area contributed by atoms with Gasteiger partial charge in [0.25, 0.3) is 0 Å². The lowest BCUT2D eigenvalue weighted by atomic mass is 9.82. The minimum absolute atomic E-state index is 0.0922. The van der Waals surface area contributed by atoms with Crippen molar-refractivity contribution in [1.29, 1.82) is 0 Å². The van der Waals surface area contributed by atoms with Crippen molar-refractivity contribution in [1.82, 2.24) is 0 Å². The second-order valence-electron chi connectivity index (χ2n) is 5.36. The van der Waals surface area contributed by atoms with E-state index in [1.165, 1.54) is 38.4 Å². The Kier molecular flexibility index (Phi) is 5.25. The summed E-state index contributed by atoms with van der Waals surface area (Å²) in [7, 11) is -2.82. The van der Waals surface area contributed by atoms with E-state index in [1.807, 2.05) is 0 Å². The average molecular weight is 247 g/mol. The first-order chi connectivity index (χ1) is 7.41. The van der Waals surface area contributed by atoms with Gasteiger partial charge in [-0.15, -0.1) is 0 Å². The van der Waals surface area contributed by atoms with Crippen LogP contribution in [0.15, 0.2) is 0 Å². The van der Waals surface area contributed by atoms with Crippen molar-refractivity contribution in [2.24, 2.45) is 5.73 Å². The van der Waals surface area contributed by atoms with Gasteiger partial charge in [-0.1, -0.05) is 32.1 Å². The van der Waals surface area contributed by atoms with E-state index in [9.17, 15) is 8.42 Å². The monoisotopic (exact) mass is 247 g/mol. The standard InChI is InChI=1S/C12H25NO2S/c1-16(14,15)11-7-10-12(13)8-5-3-2-4-6-9-12/h2-11,13H2,1H3. The van der Waals surface area contributed by atoms with Crippen molar-refractivity contribution < 1.29 is 8.42 Å². The van der Waals surface area contributed by atoms with Crippen LogP contribution in [0.25, 0.3) is 0 Å². The SMILES string of the molecule is CS(=O)(=O)CCCC1(N)CCCCCCC1. The number of rotatable bonds is 4. The fraction of sp³-hybridized carbons (Fsp3) is 1.00. The maximum absolute atomic E-state index is 11.1. The number of sulfone groups is 1. The molecule has 16 heavy (non-hydrogen) atoms. The minimum atomic E-state index is -2.82. The fourth-order valence-electron chi connectivity index (χ4n) is 2.55. The van der Waals surface area contributed by atoms with Gasteiger partial charge in [-0.3, -0.25) is 0 Å². The second-order valence-corrected chi connectivity index (χ2v) is 7.62. The van der Waals surface area contributed by atoms with E-state index in [0.717, 1.165) is 25.7 Å². The highest BCUT2D eigenvalue weighted by Gasteiger charge is 2.25. The van der Waals surface area contributed by atoms with Gasteiger partial charge in [-0.2, -0.15) is 0 Å². The number of nitrogens with two attached hydrogens (primary N) is 1. The Bertz CT molecular complexity index is 290. The van der Waals surface area contributed by atoms with Crippen LogP contribution in [0.4, 0.5) is 0 Å². The molecule has 2 N–H and O–H groups in total. The molecule has 0 unspecified atom stereocenters. The summed E-state index contributed by atoms with van der Waals surface area (Å²) in [5.41, 5.74) is 6.27. The summed E-state index contributed by atoms with van der Waals surface area (Å²) in [6.07, 6.45) is 11.3. The summed E-state index contributed by atoms with van der Waals surface area (Å²) in [5, 5.41) is 0.